The number of phenols is 1. The molecule has 6 nitrogen and oxygen atoms in total. The summed E-state index contributed by atoms with van der Waals surface area (Å²) in [6.45, 7) is 0. The second-order valence-corrected chi connectivity index (χ2v) is 5.97. The molecule has 0 spiro atoms. The van der Waals surface area contributed by atoms with Gasteiger partial charge in [0.25, 0.3) is 0 Å². The molecule has 0 saturated carbocycles. The predicted molar refractivity (Wildman–Crippen MR) is 97.4 cm³/mol. The predicted octanol–water partition coefficient (Wildman–Crippen LogP) is 4.20. The second kappa shape index (κ2) is 6.50. The zero-order valence-electron chi connectivity index (χ0n) is 13.3. The van der Waals surface area contributed by atoms with Crippen molar-refractivity contribution >= 4 is 28.6 Å². The Labute approximate surface area is 153 Å². The first kappa shape index (κ1) is 16.1. The molecule has 0 amide bonds. The van der Waals surface area contributed by atoms with Crippen LogP contribution in [0, 0.1) is 0 Å². The molecule has 0 fully saturated rings. The van der Waals surface area contributed by atoms with E-state index in [0.29, 0.717) is 32.7 Å². The van der Waals surface area contributed by atoms with Crippen LogP contribution in [0.15, 0.2) is 60.7 Å². The highest BCUT2D eigenvalue weighted by molar-refractivity contribution is 6.35. The van der Waals surface area contributed by atoms with E-state index < -0.39 is 5.97 Å². The summed E-state index contributed by atoms with van der Waals surface area (Å²) in [5.41, 5.74) is 2.68. The number of aromatic hydroxyl groups is 1. The van der Waals surface area contributed by atoms with Gasteiger partial charge in [0, 0.05) is 17.2 Å². The van der Waals surface area contributed by atoms with Gasteiger partial charge in [-0.2, -0.15) is 0 Å². The molecule has 128 valence electrons. The van der Waals surface area contributed by atoms with E-state index in [1.807, 2.05) is 6.07 Å². The average Bonchev–Trinajstić information content (AvgIpc) is 3.12. The van der Waals surface area contributed by atoms with Crippen LogP contribution in [0.25, 0.3) is 22.2 Å². The lowest BCUT2D eigenvalue weighted by molar-refractivity contribution is 0.0734. The van der Waals surface area contributed by atoms with Crippen molar-refractivity contribution in [1.82, 2.24) is 15.4 Å². The summed E-state index contributed by atoms with van der Waals surface area (Å²) in [4.78, 5) is 12.1. The number of aromatic nitrogens is 3. The van der Waals surface area contributed by atoms with E-state index in [4.69, 9.17) is 16.3 Å². The first-order valence-corrected chi connectivity index (χ1v) is 8.11. The Kier molecular flexibility index (Phi) is 4.02. The molecule has 26 heavy (non-hydrogen) atoms. The summed E-state index contributed by atoms with van der Waals surface area (Å²) in [6, 6.07) is 16.6. The number of nitrogens with zero attached hydrogens (tertiary/aromatic N) is 2. The van der Waals surface area contributed by atoms with Crippen LogP contribution in [0.4, 0.5) is 0 Å². The first-order valence-electron chi connectivity index (χ1n) is 7.73. The smallest absolute Gasteiger partial charge is 0.343 e. The summed E-state index contributed by atoms with van der Waals surface area (Å²) in [5.74, 6) is -0.362. The monoisotopic (exact) mass is 365 g/mol. The molecular formula is C19H12ClN3O3. The molecule has 0 aliphatic rings. The fraction of sp³-hybridized carbons (Fsp3) is 0. The molecule has 4 aromatic rings. The van der Waals surface area contributed by atoms with Gasteiger partial charge in [-0.15, -0.1) is 5.10 Å². The standard InChI is InChI=1S/C19H12ClN3O3/c20-14-8-9-15-18(22-23-21-15)17(14)13-7-6-12(10-16(13)24)26-19(25)11-4-2-1-3-5-11/h1-10,24H,(H,21,22,23). The molecule has 4 rings (SSSR count). The first-order chi connectivity index (χ1) is 12.6. The van der Waals surface area contributed by atoms with Gasteiger partial charge in [-0.3, -0.25) is 5.10 Å². The third-order valence-corrected chi connectivity index (χ3v) is 4.22. The molecule has 0 radical (unpaired) electrons. The number of esters is 1. The van der Waals surface area contributed by atoms with E-state index in [1.54, 1.807) is 48.5 Å². The van der Waals surface area contributed by atoms with Crippen LogP contribution in [0.2, 0.25) is 5.02 Å². The lowest BCUT2D eigenvalue weighted by Gasteiger charge is -2.10. The number of hydrogen-bond donors (Lipinski definition) is 2. The number of carbonyl (C=O) groups excluding carboxylic acids is 1. The Balaban J connectivity index is 1.69. The molecule has 0 aliphatic carbocycles. The van der Waals surface area contributed by atoms with Crippen molar-refractivity contribution < 1.29 is 14.6 Å². The van der Waals surface area contributed by atoms with Crippen LogP contribution < -0.4 is 4.74 Å². The molecule has 7 heteroatoms. The second-order valence-electron chi connectivity index (χ2n) is 5.56. The molecule has 0 atom stereocenters. The van der Waals surface area contributed by atoms with Crippen molar-refractivity contribution in [2.24, 2.45) is 0 Å². The van der Waals surface area contributed by atoms with Gasteiger partial charge in [-0.25, -0.2) is 4.79 Å². The van der Waals surface area contributed by atoms with Gasteiger partial charge in [-0.1, -0.05) is 35.0 Å². The maximum Gasteiger partial charge on any atom is 0.343 e. The molecule has 2 N–H and O–H groups in total. The van der Waals surface area contributed by atoms with Crippen molar-refractivity contribution in [3.8, 4) is 22.6 Å². The van der Waals surface area contributed by atoms with Gasteiger partial charge in [0.1, 0.15) is 17.0 Å². The summed E-state index contributed by atoms with van der Waals surface area (Å²) in [7, 11) is 0. The quantitative estimate of drug-likeness (QED) is 0.419. The molecule has 0 bridgehead atoms. The zero-order chi connectivity index (χ0) is 18.1. The zero-order valence-corrected chi connectivity index (χ0v) is 14.1. The number of aromatic amines is 1. The number of nitrogens with one attached hydrogen (secondary N) is 1. The van der Waals surface area contributed by atoms with Gasteiger partial charge >= 0.3 is 5.97 Å². The van der Waals surface area contributed by atoms with Crippen molar-refractivity contribution in [1.29, 1.82) is 0 Å². The van der Waals surface area contributed by atoms with Crippen molar-refractivity contribution in [3.05, 3.63) is 71.2 Å². The van der Waals surface area contributed by atoms with Gasteiger partial charge in [0.15, 0.2) is 0 Å². The minimum absolute atomic E-state index is 0.0826. The van der Waals surface area contributed by atoms with Crippen LogP contribution >= 0.6 is 11.6 Å². The average molecular weight is 366 g/mol. The summed E-state index contributed by atoms with van der Waals surface area (Å²) < 4.78 is 5.31. The number of carbonyl (C=O) groups is 1. The summed E-state index contributed by atoms with van der Waals surface area (Å²) in [6.07, 6.45) is 0. The number of rotatable bonds is 3. The number of H-pyrrole nitrogens is 1. The molecule has 0 aliphatic heterocycles. The molecule has 0 saturated heterocycles. The van der Waals surface area contributed by atoms with E-state index in [9.17, 15) is 9.90 Å². The largest absolute Gasteiger partial charge is 0.507 e. The van der Waals surface area contributed by atoms with Gasteiger partial charge in [0.2, 0.25) is 0 Å². The van der Waals surface area contributed by atoms with Crippen molar-refractivity contribution in [3.63, 3.8) is 0 Å². The maximum atomic E-state index is 12.1. The Morgan fingerprint density at radius 3 is 2.65 bits per heavy atom. The topological polar surface area (TPSA) is 88.1 Å². The Morgan fingerprint density at radius 1 is 1.08 bits per heavy atom. The molecule has 1 aromatic heterocycles. The van der Waals surface area contributed by atoms with Crippen LogP contribution in [0.5, 0.6) is 11.5 Å². The van der Waals surface area contributed by atoms with Crippen LogP contribution in [0.3, 0.4) is 0 Å². The van der Waals surface area contributed by atoms with Gasteiger partial charge in [0.05, 0.1) is 16.1 Å². The molecular weight excluding hydrogens is 354 g/mol. The van der Waals surface area contributed by atoms with E-state index >= 15 is 0 Å². The number of phenolic OH excluding ortho intramolecular Hbond substituents is 1. The van der Waals surface area contributed by atoms with Crippen LogP contribution in [0.1, 0.15) is 10.4 Å². The van der Waals surface area contributed by atoms with E-state index in [1.165, 1.54) is 6.07 Å². The summed E-state index contributed by atoms with van der Waals surface area (Å²) >= 11 is 6.29. The van der Waals surface area contributed by atoms with Crippen LogP contribution in [-0.4, -0.2) is 26.5 Å². The molecule has 0 unspecified atom stereocenters. The summed E-state index contributed by atoms with van der Waals surface area (Å²) in [5, 5.41) is 21.4. The van der Waals surface area contributed by atoms with E-state index in [2.05, 4.69) is 15.4 Å². The Hall–Kier alpha value is -3.38. The fourth-order valence-electron chi connectivity index (χ4n) is 2.67. The van der Waals surface area contributed by atoms with Crippen LogP contribution in [-0.2, 0) is 0 Å². The number of hydrogen-bond acceptors (Lipinski definition) is 5. The Morgan fingerprint density at radius 2 is 1.88 bits per heavy atom. The van der Waals surface area contributed by atoms with E-state index in [0.717, 1.165) is 0 Å². The van der Waals surface area contributed by atoms with Gasteiger partial charge < -0.3 is 9.84 Å². The third kappa shape index (κ3) is 2.87. The SMILES string of the molecule is O=C(Oc1ccc(-c2c(Cl)ccc3[nH]nnc23)c(O)c1)c1ccccc1. The number of fused-ring (bicyclic) bond motifs is 1. The highest BCUT2D eigenvalue weighted by Crippen LogP contribution is 2.39. The van der Waals surface area contributed by atoms with E-state index in [-0.39, 0.29) is 11.5 Å². The van der Waals surface area contributed by atoms with Gasteiger partial charge in [-0.05, 0) is 36.4 Å². The molecule has 3 aromatic carbocycles. The number of ether oxygens (including phenoxy) is 1. The minimum Gasteiger partial charge on any atom is -0.507 e. The molecule has 1 heterocycles. The fourth-order valence-corrected chi connectivity index (χ4v) is 2.93. The van der Waals surface area contributed by atoms with Crippen molar-refractivity contribution in [2.75, 3.05) is 0 Å². The lowest BCUT2D eigenvalue weighted by Crippen LogP contribution is -2.08. The third-order valence-electron chi connectivity index (χ3n) is 3.91. The number of benzene rings is 3. The Bertz CT molecular complexity index is 1110. The normalized spacial score (nSPS) is 10.8. The number of halogens is 1. The minimum atomic E-state index is -0.505. The highest BCUT2D eigenvalue weighted by atomic mass is 35.5. The highest BCUT2D eigenvalue weighted by Gasteiger charge is 2.16. The van der Waals surface area contributed by atoms with Crippen molar-refractivity contribution in [2.45, 2.75) is 0 Å². The lowest BCUT2D eigenvalue weighted by atomic mass is 10.0. The maximum absolute atomic E-state index is 12.1.